The first kappa shape index (κ1) is 11.8. The summed E-state index contributed by atoms with van der Waals surface area (Å²) in [6.07, 6.45) is 1.07. The highest BCUT2D eigenvalue weighted by atomic mass is 16.2. The molecule has 0 radical (unpaired) electrons. The van der Waals surface area contributed by atoms with E-state index in [9.17, 15) is 9.59 Å². The predicted molar refractivity (Wildman–Crippen MR) is 67.4 cm³/mol. The van der Waals surface area contributed by atoms with Gasteiger partial charge in [-0.2, -0.15) is 0 Å². The molecule has 1 unspecified atom stereocenters. The van der Waals surface area contributed by atoms with Gasteiger partial charge in [-0.1, -0.05) is 12.1 Å². The summed E-state index contributed by atoms with van der Waals surface area (Å²) in [7, 11) is 1.78. The van der Waals surface area contributed by atoms with Crippen LogP contribution in [0.5, 0.6) is 0 Å². The van der Waals surface area contributed by atoms with Crippen LogP contribution in [0.3, 0.4) is 0 Å². The zero-order valence-corrected chi connectivity index (χ0v) is 10.7. The second-order valence-electron chi connectivity index (χ2n) is 4.97. The van der Waals surface area contributed by atoms with E-state index >= 15 is 0 Å². The van der Waals surface area contributed by atoms with Crippen LogP contribution in [-0.4, -0.2) is 19.2 Å². The summed E-state index contributed by atoms with van der Waals surface area (Å²) in [5.41, 5.74) is 3.54. The summed E-state index contributed by atoms with van der Waals surface area (Å²) >= 11 is 0. The molecule has 0 saturated carbocycles. The van der Waals surface area contributed by atoms with E-state index in [1.54, 1.807) is 11.9 Å². The minimum Gasteiger partial charge on any atom is -0.314 e. The molecule has 1 heterocycles. The highest BCUT2D eigenvalue weighted by molar-refractivity contribution is 6.09. The fraction of sp³-hybridized carbons (Fsp3) is 0.429. The lowest BCUT2D eigenvalue weighted by atomic mass is 9.80. The number of amides is 1. The molecule has 0 spiro atoms. The largest absolute Gasteiger partial charge is 0.314 e. The molecule has 0 saturated heterocycles. The Bertz CT molecular complexity index is 507. The molecule has 1 aliphatic rings. The Morgan fingerprint density at radius 2 is 2.00 bits per heavy atom. The van der Waals surface area contributed by atoms with E-state index in [-0.39, 0.29) is 12.3 Å². The highest BCUT2D eigenvalue weighted by Crippen LogP contribution is 2.45. The summed E-state index contributed by atoms with van der Waals surface area (Å²) in [6, 6.07) is 3.99. The number of nitrogens with zero attached hydrogens (tertiary/aromatic N) is 1. The van der Waals surface area contributed by atoms with Crippen LogP contribution in [0.25, 0.3) is 0 Å². The normalized spacial score (nSPS) is 22.8. The topological polar surface area (TPSA) is 37.4 Å². The second-order valence-corrected chi connectivity index (χ2v) is 4.97. The van der Waals surface area contributed by atoms with Crippen molar-refractivity contribution in [3.63, 3.8) is 0 Å². The van der Waals surface area contributed by atoms with E-state index < -0.39 is 5.41 Å². The van der Waals surface area contributed by atoms with E-state index in [0.717, 1.165) is 23.1 Å². The van der Waals surface area contributed by atoms with Crippen molar-refractivity contribution in [1.82, 2.24) is 0 Å². The van der Waals surface area contributed by atoms with E-state index in [1.165, 1.54) is 5.56 Å². The predicted octanol–water partition coefficient (Wildman–Crippen LogP) is 2.13. The zero-order chi connectivity index (χ0) is 12.8. The fourth-order valence-electron chi connectivity index (χ4n) is 2.63. The maximum Gasteiger partial charge on any atom is 0.237 e. The summed E-state index contributed by atoms with van der Waals surface area (Å²) in [5.74, 6) is 0.00769. The van der Waals surface area contributed by atoms with Crippen molar-refractivity contribution in [1.29, 1.82) is 0 Å². The van der Waals surface area contributed by atoms with Gasteiger partial charge >= 0.3 is 0 Å². The quantitative estimate of drug-likeness (QED) is 0.731. The number of anilines is 1. The minimum absolute atomic E-state index is 0.00769. The molecule has 0 fully saturated rings. The molecule has 0 N–H and O–H groups in total. The van der Waals surface area contributed by atoms with Crippen LogP contribution in [0.2, 0.25) is 0 Å². The van der Waals surface area contributed by atoms with Gasteiger partial charge < -0.3 is 9.69 Å². The standard InChI is InChI=1S/C14H17NO2/c1-9-5-6-11-12(10(9)2)15(4)13(17)14(11,3)7-8-16/h5-6,8H,7H2,1-4H3. The molecule has 1 aromatic carbocycles. The van der Waals surface area contributed by atoms with Gasteiger partial charge in [0.1, 0.15) is 6.29 Å². The maximum absolute atomic E-state index is 12.3. The average molecular weight is 231 g/mol. The number of likely N-dealkylation sites (N-methyl/N-ethyl adjacent to an activating group) is 1. The third-order valence-electron chi connectivity index (χ3n) is 3.90. The Balaban J connectivity index is 2.71. The first-order valence-electron chi connectivity index (χ1n) is 5.76. The van der Waals surface area contributed by atoms with Crippen molar-refractivity contribution in [2.24, 2.45) is 0 Å². The van der Waals surface area contributed by atoms with E-state index in [2.05, 4.69) is 0 Å². The van der Waals surface area contributed by atoms with Crippen LogP contribution >= 0.6 is 0 Å². The number of aryl methyl sites for hydroxylation is 1. The Kier molecular flexibility index (Phi) is 2.57. The van der Waals surface area contributed by atoms with Crippen molar-refractivity contribution >= 4 is 17.9 Å². The second kappa shape index (κ2) is 3.69. The molecule has 90 valence electrons. The Morgan fingerprint density at radius 1 is 1.35 bits per heavy atom. The van der Waals surface area contributed by atoms with Crippen LogP contribution in [0.4, 0.5) is 5.69 Å². The number of rotatable bonds is 2. The average Bonchev–Trinajstić information content (AvgIpc) is 2.47. The molecule has 0 aromatic heterocycles. The van der Waals surface area contributed by atoms with E-state index in [4.69, 9.17) is 0 Å². The fourth-order valence-corrected chi connectivity index (χ4v) is 2.63. The van der Waals surface area contributed by atoms with Gasteiger partial charge in [0.05, 0.1) is 11.1 Å². The molecule has 3 heteroatoms. The number of hydrogen-bond acceptors (Lipinski definition) is 2. The molecular formula is C14H17NO2. The third-order valence-corrected chi connectivity index (χ3v) is 3.90. The van der Waals surface area contributed by atoms with Crippen molar-refractivity contribution in [2.75, 3.05) is 11.9 Å². The number of carbonyl (C=O) groups excluding carboxylic acids is 2. The maximum atomic E-state index is 12.3. The number of benzene rings is 1. The van der Waals surface area contributed by atoms with Gasteiger partial charge in [0.15, 0.2) is 0 Å². The van der Waals surface area contributed by atoms with Crippen molar-refractivity contribution in [3.8, 4) is 0 Å². The Morgan fingerprint density at radius 3 is 2.59 bits per heavy atom. The molecular weight excluding hydrogens is 214 g/mol. The Labute approximate surface area is 101 Å². The summed E-state index contributed by atoms with van der Waals surface area (Å²) in [5, 5.41) is 0. The lowest BCUT2D eigenvalue weighted by Gasteiger charge is -2.19. The van der Waals surface area contributed by atoms with Crippen LogP contribution in [0.15, 0.2) is 12.1 Å². The zero-order valence-electron chi connectivity index (χ0n) is 10.7. The van der Waals surface area contributed by atoms with Gasteiger partial charge in [-0.3, -0.25) is 4.79 Å². The molecule has 0 aliphatic carbocycles. The molecule has 1 aliphatic heterocycles. The summed E-state index contributed by atoms with van der Waals surface area (Å²) < 4.78 is 0. The molecule has 3 nitrogen and oxygen atoms in total. The lowest BCUT2D eigenvalue weighted by molar-refractivity contribution is -0.124. The molecule has 17 heavy (non-hydrogen) atoms. The van der Waals surface area contributed by atoms with Crippen LogP contribution in [0.1, 0.15) is 30.0 Å². The van der Waals surface area contributed by atoms with Crippen LogP contribution < -0.4 is 4.90 Å². The SMILES string of the molecule is Cc1ccc2c(c1C)N(C)C(=O)C2(C)CC=O. The Hall–Kier alpha value is -1.64. The van der Waals surface area contributed by atoms with Crippen molar-refractivity contribution in [3.05, 3.63) is 28.8 Å². The van der Waals surface area contributed by atoms with Gasteiger partial charge in [0.2, 0.25) is 5.91 Å². The number of fused-ring (bicyclic) bond motifs is 1. The first-order valence-corrected chi connectivity index (χ1v) is 5.76. The highest BCUT2D eigenvalue weighted by Gasteiger charge is 2.46. The smallest absolute Gasteiger partial charge is 0.237 e. The third kappa shape index (κ3) is 1.42. The molecule has 1 aromatic rings. The van der Waals surface area contributed by atoms with Crippen molar-refractivity contribution in [2.45, 2.75) is 32.6 Å². The van der Waals surface area contributed by atoms with Gasteiger partial charge in [0, 0.05) is 13.5 Å². The molecule has 1 amide bonds. The number of hydrogen-bond donors (Lipinski definition) is 0. The van der Waals surface area contributed by atoms with Gasteiger partial charge in [-0.25, -0.2) is 0 Å². The van der Waals surface area contributed by atoms with Crippen LogP contribution in [-0.2, 0) is 15.0 Å². The monoisotopic (exact) mass is 231 g/mol. The van der Waals surface area contributed by atoms with Gasteiger partial charge in [0.25, 0.3) is 0 Å². The summed E-state index contributed by atoms with van der Waals surface area (Å²) in [6.45, 7) is 5.90. The minimum atomic E-state index is -0.690. The lowest BCUT2D eigenvalue weighted by Crippen LogP contribution is -2.36. The van der Waals surface area contributed by atoms with Crippen molar-refractivity contribution < 1.29 is 9.59 Å². The van der Waals surface area contributed by atoms with E-state index in [1.807, 2.05) is 32.9 Å². The first-order chi connectivity index (χ1) is 7.93. The van der Waals surface area contributed by atoms with Gasteiger partial charge in [-0.05, 0) is 37.5 Å². The molecule has 1 atom stereocenters. The number of carbonyl (C=O) groups is 2. The van der Waals surface area contributed by atoms with E-state index in [0.29, 0.717) is 0 Å². The van der Waals surface area contributed by atoms with Crippen LogP contribution in [0, 0.1) is 13.8 Å². The van der Waals surface area contributed by atoms with Gasteiger partial charge in [-0.15, -0.1) is 0 Å². The summed E-state index contributed by atoms with van der Waals surface area (Å²) in [4.78, 5) is 24.8. The molecule has 2 rings (SSSR count). The number of aldehydes is 1. The molecule has 0 bridgehead atoms.